The fourth-order valence-corrected chi connectivity index (χ4v) is 0.272. The van der Waals surface area contributed by atoms with E-state index in [9.17, 15) is 4.39 Å². The Balaban J connectivity index is 3.67. The van der Waals surface area contributed by atoms with Crippen molar-refractivity contribution in [3.63, 3.8) is 0 Å². The first-order chi connectivity index (χ1) is 4.31. The van der Waals surface area contributed by atoms with Gasteiger partial charge in [-0.1, -0.05) is 11.5 Å². The largest absolute Gasteiger partial charge is 0.273 e. The van der Waals surface area contributed by atoms with Crippen LogP contribution in [0.4, 0.5) is 4.39 Å². The highest BCUT2D eigenvalue weighted by atomic mass is 19.1. The highest BCUT2D eigenvalue weighted by Gasteiger charge is 1.79. The standard InChI is InChI=1S/C6H7BFN/c1-9-4-2-3-6(7)5-8/h2-4H,1,5H2/b4-2-,6-3+. The second-order valence-electron chi connectivity index (χ2n) is 1.40. The lowest BCUT2D eigenvalue weighted by molar-refractivity contribution is 0.555. The summed E-state index contributed by atoms with van der Waals surface area (Å²) >= 11 is 0. The second kappa shape index (κ2) is 5.28. The SMILES string of the molecule is [B]/C(=C/C=C\N=C)CF. The highest BCUT2D eigenvalue weighted by molar-refractivity contribution is 6.21. The van der Waals surface area contributed by atoms with Crippen molar-refractivity contribution in [1.82, 2.24) is 0 Å². The molecule has 0 aromatic heterocycles. The summed E-state index contributed by atoms with van der Waals surface area (Å²) in [4.78, 5) is 3.39. The topological polar surface area (TPSA) is 12.4 Å². The summed E-state index contributed by atoms with van der Waals surface area (Å²) in [5.41, 5.74) is 0.190. The molecule has 0 saturated heterocycles. The van der Waals surface area contributed by atoms with E-state index < -0.39 is 6.67 Å². The molecule has 0 spiro atoms. The molecule has 9 heavy (non-hydrogen) atoms. The molecule has 0 fully saturated rings. The number of alkyl halides is 1. The minimum absolute atomic E-state index is 0.190. The van der Waals surface area contributed by atoms with Crippen LogP contribution in [0.5, 0.6) is 0 Å². The quantitative estimate of drug-likeness (QED) is 0.304. The van der Waals surface area contributed by atoms with Crippen LogP contribution in [0, 0.1) is 0 Å². The molecule has 0 rings (SSSR count). The van der Waals surface area contributed by atoms with Crippen LogP contribution in [-0.2, 0) is 0 Å². The van der Waals surface area contributed by atoms with Gasteiger partial charge in [0.05, 0.1) is 0 Å². The molecule has 0 aromatic rings. The first-order valence-electron chi connectivity index (χ1n) is 2.44. The zero-order chi connectivity index (χ0) is 7.11. The molecular weight excluding hydrogens is 116 g/mol. The average Bonchev–Trinajstić information content (AvgIpc) is 1.89. The van der Waals surface area contributed by atoms with Gasteiger partial charge in [-0.3, -0.25) is 4.99 Å². The van der Waals surface area contributed by atoms with Gasteiger partial charge < -0.3 is 0 Å². The summed E-state index contributed by atoms with van der Waals surface area (Å²) in [5, 5.41) is 0. The van der Waals surface area contributed by atoms with Crippen molar-refractivity contribution in [3.05, 3.63) is 23.8 Å². The Morgan fingerprint density at radius 3 is 2.89 bits per heavy atom. The smallest absolute Gasteiger partial charge is 0.111 e. The average molecular weight is 123 g/mol. The molecule has 3 heteroatoms. The van der Waals surface area contributed by atoms with E-state index in [0.717, 1.165) is 0 Å². The first kappa shape index (κ1) is 8.14. The number of nitrogens with zero attached hydrogens (tertiary/aromatic N) is 1. The van der Waals surface area contributed by atoms with Gasteiger partial charge >= 0.3 is 0 Å². The van der Waals surface area contributed by atoms with Crippen LogP contribution in [0.3, 0.4) is 0 Å². The fraction of sp³-hybridized carbons (Fsp3) is 0.167. The summed E-state index contributed by atoms with van der Waals surface area (Å²) in [6.07, 6.45) is 4.40. The van der Waals surface area contributed by atoms with Gasteiger partial charge in [0, 0.05) is 6.20 Å². The van der Waals surface area contributed by atoms with Gasteiger partial charge in [-0.2, -0.15) is 0 Å². The number of hydrogen-bond acceptors (Lipinski definition) is 1. The molecule has 0 aliphatic carbocycles. The highest BCUT2D eigenvalue weighted by Crippen LogP contribution is 1.88. The summed E-state index contributed by atoms with van der Waals surface area (Å²) in [6.45, 7) is 2.56. The van der Waals surface area contributed by atoms with Crippen LogP contribution >= 0.6 is 0 Å². The van der Waals surface area contributed by atoms with Crippen LogP contribution in [-0.4, -0.2) is 21.2 Å². The predicted molar refractivity (Wildman–Crippen MR) is 38.5 cm³/mol. The Morgan fingerprint density at radius 2 is 2.44 bits per heavy atom. The van der Waals surface area contributed by atoms with Crippen LogP contribution in [0.2, 0.25) is 0 Å². The first-order valence-corrected chi connectivity index (χ1v) is 2.44. The van der Waals surface area contributed by atoms with E-state index in [2.05, 4.69) is 11.7 Å². The van der Waals surface area contributed by atoms with E-state index in [1.54, 1.807) is 0 Å². The normalized spacial score (nSPS) is 12.3. The fourth-order valence-electron chi connectivity index (χ4n) is 0.272. The Kier molecular flexibility index (Phi) is 4.78. The molecule has 0 amide bonds. The molecule has 0 saturated carbocycles. The molecule has 46 valence electrons. The second-order valence-corrected chi connectivity index (χ2v) is 1.40. The predicted octanol–water partition coefficient (Wildman–Crippen LogP) is 1.22. The molecule has 0 aromatic carbocycles. The van der Waals surface area contributed by atoms with E-state index >= 15 is 0 Å². The third-order valence-electron chi connectivity index (χ3n) is 0.656. The molecule has 0 bridgehead atoms. The van der Waals surface area contributed by atoms with Crippen LogP contribution in [0.1, 0.15) is 0 Å². The van der Waals surface area contributed by atoms with Gasteiger partial charge in [-0.15, -0.1) is 0 Å². The Labute approximate surface area is 55.4 Å². The Bertz CT molecular complexity index is 140. The number of allylic oxidation sites excluding steroid dienone is 3. The van der Waals surface area contributed by atoms with E-state index in [0.29, 0.717) is 0 Å². The van der Waals surface area contributed by atoms with E-state index in [-0.39, 0.29) is 5.47 Å². The van der Waals surface area contributed by atoms with Gasteiger partial charge in [-0.25, -0.2) is 4.39 Å². The maximum atomic E-state index is 11.5. The number of hydrogen-bond donors (Lipinski definition) is 0. The maximum Gasteiger partial charge on any atom is 0.111 e. The molecular formula is C6H7BFN. The zero-order valence-corrected chi connectivity index (χ0v) is 5.05. The van der Waals surface area contributed by atoms with Gasteiger partial charge in [0.25, 0.3) is 0 Å². The van der Waals surface area contributed by atoms with Gasteiger partial charge in [0.2, 0.25) is 0 Å². The molecule has 1 nitrogen and oxygen atoms in total. The molecule has 0 atom stereocenters. The number of aliphatic imine (C=N–C) groups is 1. The van der Waals surface area contributed by atoms with Crippen LogP contribution < -0.4 is 0 Å². The maximum absolute atomic E-state index is 11.5. The van der Waals surface area contributed by atoms with E-state index in [4.69, 9.17) is 7.85 Å². The summed E-state index contributed by atoms with van der Waals surface area (Å²) in [6, 6.07) is 0. The van der Waals surface area contributed by atoms with Crippen molar-refractivity contribution in [1.29, 1.82) is 0 Å². The monoisotopic (exact) mass is 123 g/mol. The number of rotatable bonds is 3. The summed E-state index contributed by atoms with van der Waals surface area (Å²) in [5.74, 6) is 0. The zero-order valence-electron chi connectivity index (χ0n) is 5.05. The minimum Gasteiger partial charge on any atom is -0.273 e. The van der Waals surface area contributed by atoms with Gasteiger partial charge in [-0.05, 0) is 12.8 Å². The van der Waals surface area contributed by atoms with Crippen molar-refractivity contribution >= 4 is 14.6 Å². The molecule has 0 aliphatic rings. The van der Waals surface area contributed by atoms with Crippen molar-refractivity contribution < 1.29 is 4.39 Å². The van der Waals surface area contributed by atoms with Crippen molar-refractivity contribution in [2.24, 2.45) is 4.99 Å². The molecule has 2 radical (unpaired) electrons. The summed E-state index contributed by atoms with van der Waals surface area (Å²) < 4.78 is 11.5. The lowest BCUT2D eigenvalue weighted by atomic mass is 9.97. The van der Waals surface area contributed by atoms with Gasteiger partial charge in [0.1, 0.15) is 14.5 Å². The minimum atomic E-state index is -0.624. The summed E-state index contributed by atoms with van der Waals surface area (Å²) in [7, 11) is 5.09. The molecule has 0 heterocycles. The van der Waals surface area contributed by atoms with E-state index in [1.165, 1.54) is 18.4 Å². The van der Waals surface area contributed by atoms with Crippen molar-refractivity contribution in [2.75, 3.05) is 6.67 Å². The number of halogens is 1. The Morgan fingerprint density at radius 1 is 1.78 bits per heavy atom. The Hall–Kier alpha value is -0.855. The van der Waals surface area contributed by atoms with E-state index in [1.807, 2.05) is 0 Å². The molecule has 0 N–H and O–H groups in total. The molecule has 0 unspecified atom stereocenters. The van der Waals surface area contributed by atoms with Crippen LogP contribution in [0.15, 0.2) is 28.8 Å². The van der Waals surface area contributed by atoms with Gasteiger partial charge in [0.15, 0.2) is 0 Å². The molecule has 0 aliphatic heterocycles. The third-order valence-corrected chi connectivity index (χ3v) is 0.656. The van der Waals surface area contributed by atoms with Crippen molar-refractivity contribution in [2.45, 2.75) is 0 Å². The third kappa shape index (κ3) is 5.01. The van der Waals surface area contributed by atoms with Crippen molar-refractivity contribution in [3.8, 4) is 0 Å². The lowest BCUT2D eigenvalue weighted by Crippen LogP contribution is -1.80. The lowest BCUT2D eigenvalue weighted by Gasteiger charge is -1.84. The van der Waals surface area contributed by atoms with Crippen LogP contribution in [0.25, 0.3) is 0 Å².